The predicted octanol–water partition coefficient (Wildman–Crippen LogP) is 4.93. The molecule has 20 atom stereocenters. The van der Waals surface area contributed by atoms with Crippen molar-refractivity contribution in [1.29, 1.82) is 0 Å². The van der Waals surface area contributed by atoms with Gasteiger partial charge in [-0.2, -0.15) is 0 Å². The third-order valence-corrected chi connectivity index (χ3v) is 19.3. The third-order valence-electron chi connectivity index (χ3n) is 19.3. The lowest BCUT2D eigenvalue weighted by molar-refractivity contribution is -0.341. The molecule has 426 valence electrons. The van der Waals surface area contributed by atoms with Crippen LogP contribution in [0.5, 0.6) is 0 Å². The van der Waals surface area contributed by atoms with Crippen molar-refractivity contribution >= 4 is 47.6 Å². The molecule has 1 N–H and O–H groups in total. The van der Waals surface area contributed by atoms with Crippen molar-refractivity contribution < 1.29 is 100 Å². The Morgan fingerprint density at radius 3 is 1.75 bits per heavy atom. The van der Waals surface area contributed by atoms with Crippen LogP contribution in [0.1, 0.15) is 155 Å². The van der Waals surface area contributed by atoms with Gasteiger partial charge in [0.15, 0.2) is 49.2 Å². The molecule has 3 heterocycles. The van der Waals surface area contributed by atoms with Crippen LogP contribution in [0.2, 0.25) is 0 Å². The van der Waals surface area contributed by atoms with Crippen LogP contribution >= 0.6 is 0 Å². The van der Waals surface area contributed by atoms with Gasteiger partial charge in [-0.3, -0.25) is 38.4 Å². The number of rotatable bonds is 14. The summed E-state index contributed by atoms with van der Waals surface area (Å²) in [5.74, 6) is -6.02. The lowest BCUT2D eigenvalue weighted by atomic mass is 9.41. The lowest BCUT2D eigenvalue weighted by Crippen LogP contribution is -2.66. The Labute approximate surface area is 444 Å². The van der Waals surface area contributed by atoms with E-state index in [2.05, 4.69) is 27.7 Å². The molecule has 0 aromatic carbocycles. The van der Waals surface area contributed by atoms with Crippen LogP contribution < -0.4 is 0 Å². The molecule has 8 fully saturated rings. The summed E-state index contributed by atoms with van der Waals surface area (Å²) in [5, 5.41) is 11.1. The number of carbonyl (C=O) groups is 8. The van der Waals surface area contributed by atoms with Gasteiger partial charge >= 0.3 is 41.8 Å². The summed E-state index contributed by atoms with van der Waals surface area (Å²) < 4.78 is 73.9. The van der Waals surface area contributed by atoms with Crippen LogP contribution in [0.3, 0.4) is 0 Å². The van der Waals surface area contributed by atoms with Crippen molar-refractivity contribution in [2.45, 2.75) is 240 Å². The molecular formula is C55H80O21. The minimum atomic E-state index is -1.52. The van der Waals surface area contributed by atoms with E-state index in [-0.39, 0.29) is 36.1 Å². The van der Waals surface area contributed by atoms with Crippen molar-refractivity contribution in [2.75, 3.05) is 13.2 Å². The number of esters is 7. The fourth-order valence-corrected chi connectivity index (χ4v) is 16.6. The highest BCUT2D eigenvalue weighted by Crippen LogP contribution is 2.89. The fraction of sp³-hybridized carbons (Fsp3) is 0.855. The summed E-state index contributed by atoms with van der Waals surface area (Å²) in [6.07, 6.45) is -8.91. The predicted molar refractivity (Wildman–Crippen MR) is 260 cm³/mol. The standard InChI is InChI=1S/C55H80O21/c1-26(56)65-23-36-40(68-28(3)58)42(70-30(5)60)44(72-32(7)62)48(74-36)73-34-21-37-52(13)22-33(63)45(53(14)17-15-39(76-53)50(10,11)64)51(52,12)19-20-54(37)25-55(54)18-16-38(49(8,9)46(34)55)75-47-43(71-31(6)61)41(69-29(4)59)35(24-66-47)67-27(2)57/h34-48,64H,15-25H2,1-14H3/t34-,35+,36+,37-,38?,39-,40+,41-,42-,43+,44+,45-,46-,47-,48?,51+,52-,53+,54-,55+/m0/s1. The first-order valence-electron chi connectivity index (χ1n) is 26.9. The second-order valence-corrected chi connectivity index (χ2v) is 25.0. The van der Waals surface area contributed by atoms with Gasteiger partial charge in [0.2, 0.25) is 0 Å². The first-order chi connectivity index (χ1) is 35.2. The van der Waals surface area contributed by atoms with E-state index in [1.807, 2.05) is 6.92 Å². The monoisotopic (exact) mass is 1080 g/mol. The van der Waals surface area contributed by atoms with E-state index in [0.29, 0.717) is 32.1 Å². The van der Waals surface area contributed by atoms with Crippen molar-refractivity contribution in [1.82, 2.24) is 0 Å². The fourth-order valence-electron chi connectivity index (χ4n) is 16.6. The van der Waals surface area contributed by atoms with Crippen molar-refractivity contribution in [3.8, 4) is 0 Å². The van der Waals surface area contributed by atoms with Crippen LogP contribution in [0.15, 0.2) is 0 Å². The summed E-state index contributed by atoms with van der Waals surface area (Å²) in [6, 6.07) is 0. The highest BCUT2D eigenvalue weighted by molar-refractivity contribution is 5.87. The van der Waals surface area contributed by atoms with Crippen LogP contribution in [0, 0.1) is 44.8 Å². The maximum atomic E-state index is 15.0. The number of ether oxygens (including phenoxy) is 12. The molecule has 3 saturated heterocycles. The highest BCUT2D eigenvalue weighted by atomic mass is 16.7. The molecule has 0 aromatic rings. The Bertz CT molecular complexity index is 2330. The SMILES string of the molecule is CC(=O)OC[C@H]1OC(O[C@H]2C[C@@H]3[C@]4(CC[C@]5(C)[C@@H]([C@@]6(C)CC[C@@H](C(C)(C)O)O6)C(=O)C[C@@]35C)C[C@@]43CCC(O[C@@H]4OC[C@@H](OC(C)=O)[C@H](OC(C)=O)[C@H]4OC(C)=O)C(C)(C)[C@H]23)[C@H](OC(C)=O)[C@@H](OC(C)=O)[C@@H]1OC(C)=O. The lowest BCUT2D eigenvalue weighted by Gasteiger charge is -2.65. The molecule has 0 amide bonds. The smallest absolute Gasteiger partial charge is 0.303 e. The molecule has 0 radical (unpaired) electrons. The molecule has 5 saturated carbocycles. The van der Waals surface area contributed by atoms with Gasteiger partial charge in [0.05, 0.1) is 42.0 Å². The molecule has 0 aromatic heterocycles. The molecule has 8 rings (SSSR count). The number of ketones is 1. The summed E-state index contributed by atoms with van der Waals surface area (Å²) >= 11 is 0. The normalized spacial score (nSPS) is 44.1. The van der Waals surface area contributed by atoms with Crippen molar-refractivity contribution in [2.24, 2.45) is 44.8 Å². The van der Waals surface area contributed by atoms with Gasteiger partial charge < -0.3 is 61.9 Å². The van der Waals surface area contributed by atoms with Crippen LogP contribution in [0.4, 0.5) is 0 Å². The van der Waals surface area contributed by atoms with E-state index in [4.69, 9.17) is 56.8 Å². The average Bonchev–Trinajstić information content (AvgIpc) is 3.71. The first kappa shape index (κ1) is 57.9. The van der Waals surface area contributed by atoms with E-state index in [9.17, 15) is 38.7 Å². The second-order valence-electron chi connectivity index (χ2n) is 25.0. The van der Waals surface area contributed by atoms with Gasteiger partial charge in [0.1, 0.15) is 18.5 Å². The summed E-state index contributed by atoms with van der Waals surface area (Å²) in [7, 11) is 0. The molecule has 5 aliphatic carbocycles. The van der Waals surface area contributed by atoms with Crippen LogP contribution in [-0.2, 0) is 95.2 Å². The zero-order valence-corrected chi connectivity index (χ0v) is 46.6. The average molecular weight is 1080 g/mol. The van der Waals surface area contributed by atoms with Gasteiger partial charge in [0, 0.05) is 54.9 Å². The highest BCUT2D eigenvalue weighted by Gasteiger charge is 2.85. The van der Waals surface area contributed by atoms with E-state index >= 15 is 4.79 Å². The maximum absolute atomic E-state index is 15.0. The molecule has 2 unspecified atom stereocenters. The number of carbonyl (C=O) groups excluding carboxylic acids is 8. The van der Waals surface area contributed by atoms with Crippen LogP contribution in [0.25, 0.3) is 0 Å². The molecule has 8 aliphatic rings. The summed E-state index contributed by atoms with van der Waals surface area (Å²) in [5.41, 5.74) is -4.67. The number of fused-ring (bicyclic) bond motifs is 2. The Morgan fingerprint density at radius 2 is 1.18 bits per heavy atom. The second kappa shape index (κ2) is 20.4. The zero-order chi connectivity index (χ0) is 56.0. The van der Waals surface area contributed by atoms with Gasteiger partial charge in [-0.1, -0.05) is 27.7 Å². The molecule has 76 heavy (non-hydrogen) atoms. The van der Waals surface area contributed by atoms with Gasteiger partial charge in [0.25, 0.3) is 0 Å². The number of hydrogen-bond acceptors (Lipinski definition) is 21. The largest absolute Gasteiger partial charge is 0.463 e. The van der Waals surface area contributed by atoms with E-state index < -0.39 is 161 Å². The summed E-state index contributed by atoms with van der Waals surface area (Å²) in [4.78, 5) is 104. The molecule has 21 heteroatoms. The van der Waals surface area contributed by atoms with Crippen LogP contribution in [-0.4, -0.2) is 151 Å². The third kappa shape index (κ3) is 10.1. The molecule has 2 spiro atoms. The zero-order valence-electron chi connectivity index (χ0n) is 46.6. The molecular weight excluding hydrogens is 997 g/mol. The molecule has 3 aliphatic heterocycles. The maximum Gasteiger partial charge on any atom is 0.303 e. The van der Waals surface area contributed by atoms with Crippen molar-refractivity contribution in [3.05, 3.63) is 0 Å². The van der Waals surface area contributed by atoms with Gasteiger partial charge in [-0.25, -0.2) is 0 Å². The van der Waals surface area contributed by atoms with E-state index in [1.54, 1.807) is 13.8 Å². The topological polar surface area (TPSA) is 268 Å². The number of Topliss-reactive ketones (excluding diaryl/α,β-unsaturated/α-hetero) is 1. The first-order valence-corrected chi connectivity index (χ1v) is 26.9. The van der Waals surface area contributed by atoms with Gasteiger partial charge in [-0.05, 0) is 111 Å². The van der Waals surface area contributed by atoms with E-state index in [1.165, 1.54) is 34.6 Å². The molecule has 21 nitrogen and oxygen atoms in total. The minimum absolute atomic E-state index is 0.116. The molecule has 0 bridgehead atoms. The Balaban J connectivity index is 1.22. The van der Waals surface area contributed by atoms with Crippen molar-refractivity contribution in [3.63, 3.8) is 0 Å². The minimum Gasteiger partial charge on any atom is -0.463 e. The Hall–Kier alpha value is -4.28. The number of aliphatic hydroxyl groups is 1. The summed E-state index contributed by atoms with van der Waals surface area (Å²) in [6.45, 7) is 21.6. The van der Waals surface area contributed by atoms with E-state index in [0.717, 1.165) is 33.1 Å². The van der Waals surface area contributed by atoms with Gasteiger partial charge in [-0.15, -0.1) is 0 Å². The Morgan fingerprint density at radius 1 is 0.618 bits per heavy atom. The number of hydrogen-bond donors (Lipinski definition) is 1. The Kier molecular flexibility index (Phi) is 15.6. The quantitative estimate of drug-likeness (QED) is 0.137.